The molecule has 0 aliphatic heterocycles. The van der Waals surface area contributed by atoms with Crippen LogP contribution < -0.4 is 5.32 Å². The topological polar surface area (TPSA) is 42.0 Å². The Morgan fingerprint density at radius 1 is 1.17 bits per heavy atom. The minimum atomic E-state index is -0.334. The molecule has 1 aromatic heterocycles. The van der Waals surface area contributed by atoms with Crippen molar-refractivity contribution in [1.29, 1.82) is 0 Å². The number of rotatable bonds is 3. The highest BCUT2D eigenvalue weighted by atomic mass is 32.1. The van der Waals surface area contributed by atoms with E-state index in [4.69, 9.17) is 0 Å². The summed E-state index contributed by atoms with van der Waals surface area (Å²) in [4.78, 5) is 17.2. The Morgan fingerprint density at radius 3 is 2.67 bits per heavy atom. The van der Waals surface area contributed by atoms with Crippen LogP contribution in [0.15, 0.2) is 66.2 Å². The van der Waals surface area contributed by atoms with Gasteiger partial charge in [-0.05, 0) is 23.1 Å². The second-order valence-electron chi connectivity index (χ2n) is 6.31. The van der Waals surface area contributed by atoms with Crippen LogP contribution in [0.2, 0.25) is 0 Å². The Balaban J connectivity index is 1.78. The number of fused-ring (bicyclic) bond motifs is 1. The molecule has 0 spiro atoms. The first-order valence-electron chi connectivity index (χ1n) is 8.04. The van der Waals surface area contributed by atoms with Crippen LogP contribution in [-0.4, -0.2) is 10.9 Å². The lowest BCUT2D eigenvalue weighted by atomic mass is 9.71. The van der Waals surface area contributed by atoms with Gasteiger partial charge in [0, 0.05) is 17.0 Å². The number of thiazole rings is 1. The molecule has 2 aromatic carbocycles. The molecule has 1 aliphatic rings. The summed E-state index contributed by atoms with van der Waals surface area (Å²) in [6.07, 6.45) is 2.46. The summed E-state index contributed by atoms with van der Waals surface area (Å²) in [5.41, 5.74) is 3.34. The SMILES string of the molecule is C[C@]1(c2ccccc2)c2ccccc2C[C@@H]1C(=O)Nc1nccs1. The lowest BCUT2D eigenvalue weighted by molar-refractivity contribution is -0.121. The van der Waals surface area contributed by atoms with Crippen molar-refractivity contribution >= 4 is 22.4 Å². The monoisotopic (exact) mass is 334 g/mol. The zero-order valence-corrected chi connectivity index (χ0v) is 14.2. The second-order valence-corrected chi connectivity index (χ2v) is 7.20. The van der Waals surface area contributed by atoms with Crippen LogP contribution in [-0.2, 0) is 16.6 Å². The van der Waals surface area contributed by atoms with E-state index < -0.39 is 0 Å². The third kappa shape index (κ3) is 2.34. The number of nitrogens with one attached hydrogen (secondary N) is 1. The van der Waals surface area contributed by atoms with Crippen molar-refractivity contribution in [1.82, 2.24) is 4.98 Å². The Morgan fingerprint density at radius 2 is 1.92 bits per heavy atom. The van der Waals surface area contributed by atoms with Gasteiger partial charge in [-0.1, -0.05) is 61.5 Å². The molecule has 1 heterocycles. The molecule has 0 saturated carbocycles. The molecule has 3 nitrogen and oxygen atoms in total. The number of benzene rings is 2. The average molecular weight is 334 g/mol. The summed E-state index contributed by atoms with van der Waals surface area (Å²) in [6, 6.07) is 18.7. The van der Waals surface area contributed by atoms with Crippen LogP contribution in [0.3, 0.4) is 0 Å². The van der Waals surface area contributed by atoms with Crippen molar-refractivity contribution < 1.29 is 4.79 Å². The Bertz CT molecular complexity index is 860. The van der Waals surface area contributed by atoms with E-state index in [1.54, 1.807) is 6.20 Å². The number of hydrogen-bond donors (Lipinski definition) is 1. The van der Waals surface area contributed by atoms with Crippen LogP contribution in [0.4, 0.5) is 5.13 Å². The van der Waals surface area contributed by atoms with Crippen molar-refractivity contribution in [2.45, 2.75) is 18.8 Å². The first-order chi connectivity index (χ1) is 11.7. The first kappa shape index (κ1) is 15.1. The number of aromatic nitrogens is 1. The fraction of sp³-hybridized carbons (Fsp3) is 0.200. The predicted molar refractivity (Wildman–Crippen MR) is 97.3 cm³/mol. The Kier molecular flexibility index (Phi) is 3.69. The minimum Gasteiger partial charge on any atom is -0.302 e. The van der Waals surface area contributed by atoms with Crippen molar-refractivity contribution in [2.75, 3.05) is 5.32 Å². The molecule has 3 aromatic rings. The number of carbonyl (C=O) groups excluding carboxylic acids is 1. The maximum atomic E-state index is 13.0. The van der Waals surface area contributed by atoms with Gasteiger partial charge in [0.05, 0.1) is 5.92 Å². The van der Waals surface area contributed by atoms with Gasteiger partial charge in [0.2, 0.25) is 5.91 Å². The standard InChI is InChI=1S/C20H18N2OS/c1-20(15-8-3-2-4-9-15)16-10-6-5-7-14(16)13-17(20)18(23)22-19-21-11-12-24-19/h2-12,17H,13H2,1H3,(H,21,22,23)/t17-,20+/m1/s1. The molecule has 0 saturated heterocycles. The van der Waals surface area contributed by atoms with Crippen LogP contribution in [0, 0.1) is 5.92 Å². The van der Waals surface area contributed by atoms with Gasteiger partial charge in [-0.2, -0.15) is 0 Å². The highest BCUT2D eigenvalue weighted by Gasteiger charge is 2.47. The molecule has 120 valence electrons. The molecule has 1 N–H and O–H groups in total. The number of hydrogen-bond acceptors (Lipinski definition) is 3. The van der Waals surface area contributed by atoms with Gasteiger partial charge in [0.25, 0.3) is 0 Å². The van der Waals surface area contributed by atoms with Crippen LogP contribution in [0.25, 0.3) is 0 Å². The third-order valence-corrected chi connectivity index (χ3v) is 5.74. The molecule has 4 rings (SSSR count). The fourth-order valence-corrected chi connectivity index (χ4v) is 4.32. The Labute approximate surface area is 145 Å². The summed E-state index contributed by atoms with van der Waals surface area (Å²) in [7, 11) is 0. The third-order valence-electron chi connectivity index (χ3n) is 5.05. The van der Waals surface area contributed by atoms with Gasteiger partial charge in [-0.15, -0.1) is 11.3 Å². The summed E-state index contributed by atoms with van der Waals surface area (Å²) >= 11 is 1.45. The molecule has 1 amide bonds. The summed E-state index contributed by atoms with van der Waals surface area (Å²) in [5.74, 6) is -0.117. The minimum absolute atomic E-state index is 0.0347. The zero-order valence-electron chi connectivity index (χ0n) is 13.4. The van der Waals surface area contributed by atoms with Gasteiger partial charge >= 0.3 is 0 Å². The van der Waals surface area contributed by atoms with E-state index >= 15 is 0 Å². The first-order valence-corrected chi connectivity index (χ1v) is 8.92. The molecule has 1 aliphatic carbocycles. The number of carbonyl (C=O) groups is 1. The zero-order chi connectivity index (χ0) is 16.6. The van der Waals surface area contributed by atoms with Crippen LogP contribution >= 0.6 is 11.3 Å². The van der Waals surface area contributed by atoms with Crippen molar-refractivity contribution in [3.05, 3.63) is 82.9 Å². The van der Waals surface area contributed by atoms with Crippen molar-refractivity contribution in [2.24, 2.45) is 5.92 Å². The number of nitrogens with zero attached hydrogens (tertiary/aromatic N) is 1. The number of amides is 1. The molecule has 0 fully saturated rings. The normalized spacial score (nSPS) is 22.1. The van der Waals surface area contributed by atoms with E-state index in [1.807, 2.05) is 29.6 Å². The maximum absolute atomic E-state index is 13.0. The molecule has 0 bridgehead atoms. The molecule has 4 heteroatoms. The predicted octanol–water partition coefficient (Wildman–Crippen LogP) is 4.26. The molecular formula is C20H18N2OS. The van der Waals surface area contributed by atoms with E-state index in [0.29, 0.717) is 5.13 Å². The highest BCUT2D eigenvalue weighted by Crippen LogP contribution is 2.48. The summed E-state index contributed by atoms with van der Waals surface area (Å²) < 4.78 is 0. The van der Waals surface area contributed by atoms with E-state index in [1.165, 1.54) is 28.0 Å². The van der Waals surface area contributed by atoms with Gasteiger partial charge in [-0.3, -0.25) is 4.79 Å². The largest absolute Gasteiger partial charge is 0.302 e. The molecule has 0 radical (unpaired) electrons. The fourth-order valence-electron chi connectivity index (χ4n) is 3.79. The van der Waals surface area contributed by atoms with Crippen molar-refractivity contribution in [3.63, 3.8) is 0 Å². The van der Waals surface area contributed by atoms with Gasteiger partial charge in [0.15, 0.2) is 5.13 Å². The van der Waals surface area contributed by atoms with Crippen molar-refractivity contribution in [3.8, 4) is 0 Å². The molecule has 2 atom stereocenters. The smallest absolute Gasteiger partial charge is 0.230 e. The van der Waals surface area contributed by atoms with E-state index in [0.717, 1.165) is 6.42 Å². The maximum Gasteiger partial charge on any atom is 0.230 e. The molecule has 0 unspecified atom stereocenters. The quantitative estimate of drug-likeness (QED) is 0.777. The van der Waals surface area contributed by atoms with Gasteiger partial charge in [0.1, 0.15) is 0 Å². The highest BCUT2D eigenvalue weighted by molar-refractivity contribution is 7.13. The van der Waals surface area contributed by atoms with E-state index in [9.17, 15) is 4.79 Å². The lowest BCUT2D eigenvalue weighted by Gasteiger charge is -2.32. The van der Waals surface area contributed by atoms with Crippen LogP contribution in [0.1, 0.15) is 23.6 Å². The molecular weight excluding hydrogens is 316 g/mol. The van der Waals surface area contributed by atoms with Gasteiger partial charge < -0.3 is 5.32 Å². The van der Waals surface area contributed by atoms with E-state index in [-0.39, 0.29) is 17.2 Å². The number of anilines is 1. The second kappa shape index (κ2) is 5.87. The van der Waals surface area contributed by atoms with Crippen LogP contribution in [0.5, 0.6) is 0 Å². The lowest BCUT2D eigenvalue weighted by Crippen LogP contribution is -2.38. The Hall–Kier alpha value is -2.46. The van der Waals surface area contributed by atoms with Gasteiger partial charge in [-0.25, -0.2) is 4.98 Å². The van der Waals surface area contributed by atoms with E-state index in [2.05, 4.69) is 47.6 Å². The molecule has 24 heavy (non-hydrogen) atoms. The summed E-state index contributed by atoms with van der Waals surface area (Å²) in [6.45, 7) is 2.18. The summed E-state index contributed by atoms with van der Waals surface area (Å²) in [5, 5.41) is 5.52. The average Bonchev–Trinajstić information content (AvgIpc) is 3.23.